The molecule has 0 spiro atoms. The summed E-state index contributed by atoms with van der Waals surface area (Å²) in [6, 6.07) is 19.6. The Labute approximate surface area is 182 Å². The number of hydrogen-bond donors (Lipinski definition) is 0. The summed E-state index contributed by atoms with van der Waals surface area (Å²) in [5.74, 6) is 0.565. The van der Waals surface area contributed by atoms with Gasteiger partial charge in [-0.3, -0.25) is 10.1 Å². The molecule has 0 amide bonds. The average molecular weight is 440 g/mol. The van der Waals surface area contributed by atoms with Crippen LogP contribution in [0.3, 0.4) is 0 Å². The highest BCUT2D eigenvalue weighted by atomic mass is 35.5. The second kappa shape index (κ2) is 7.31. The van der Waals surface area contributed by atoms with Crippen molar-refractivity contribution < 1.29 is 9.66 Å². The van der Waals surface area contributed by atoms with E-state index >= 15 is 0 Å². The van der Waals surface area contributed by atoms with Crippen molar-refractivity contribution in [2.45, 2.75) is 18.7 Å². The van der Waals surface area contributed by atoms with Gasteiger partial charge in [-0.05, 0) is 29.8 Å². The third kappa shape index (κ3) is 3.18. The van der Waals surface area contributed by atoms with Crippen molar-refractivity contribution in [2.75, 3.05) is 0 Å². The number of non-ortho nitro benzene ring substituents is 1. The number of benzene rings is 3. The molecule has 0 aliphatic carbocycles. The summed E-state index contributed by atoms with van der Waals surface area (Å²) < 4.78 is 6.26. The average Bonchev–Trinajstić information content (AvgIpc) is 3.20. The molecule has 0 radical (unpaired) electrons. The lowest BCUT2D eigenvalue weighted by atomic mass is 9.96. The van der Waals surface area contributed by atoms with Crippen LogP contribution in [-0.2, 0) is 0 Å². The number of nitro groups is 1. The lowest BCUT2D eigenvalue weighted by Crippen LogP contribution is -2.33. The molecule has 2 atom stereocenters. The smallest absolute Gasteiger partial charge is 0.269 e. The molecule has 0 N–H and O–H groups in total. The molecule has 0 fully saturated rings. The third-order valence-corrected chi connectivity index (χ3v) is 5.80. The van der Waals surface area contributed by atoms with Crippen molar-refractivity contribution in [3.63, 3.8) is 0 Å². The summed E-state index contributed by atoms with van der Waals surface area (Å²) in [7, 11) is 0. The van der Waals surface area contributed by atoms with Gasteiger partial charge in [0.15, 0.2) is 0 Å². The number of halogens is 2. The molecule has 6 nitrogen and oxygen atoms in total. The number of hydrazone groups is 1. The first kappa shape index (κ1) is 18.9. The molecular weight excluding hydrogens is 425 g/mol. The van der Waals surface area contributed by atoms with Crippen molar-refractivity contribution in [3.05, 3.63) is 104 Å². The molecule has 0 saturated heterocycles. The molecular formula is C22H15Cl2N3O3. The van der Waals surface area contributed by atoms with E-state index in [9.17, 15) is 10.1 Å². The van der Waals surface area contributed by atoms with Gasteiger partial charge in [0.2, 0.25) is 6.23 Å². The molecule has 0 saturated carbocycles. The molecule has 5 rings (SSSR count). The summed E-state index contributed by atoms with van der Waals surface area (Å²) in [6.07, 6.45) is 0.101. The zero-order valence-electron chi connectivity index (χ0n) is 15.5. The maximum atomic E-state index is 11.0. The normalized spacial score (nSPS) is 19.5. The van der Waals surface area contributed by atoms with Crippen molar-refractivity contribution in [1.82, 2.24) is 5.01 Å². The minimum Gasteiger partial charge on any atom is -0.463 e. The number of fused-ring (bicyclic) bond motifs is 3. The highest BCUT2D eigenvalue weighted by molar-refractivity contribution is 6.35. The second-order valence-corrected chi connectivity index (χ2v) is 7.98. The zero-order valence-corrected chi connectivity index (χ0v) is 17.0. The highest BCUT2D eigenvalue weighted by Gasteiger charge is 2.42. The van der Waals surface area contributed by atoms with Crippen LogP contribution in [0.4, 0.5) is 5.69 Å². The molecule has 30 heavy (non-hydrogen) atoms. The summed E-state index contributed by atoms with van der Waals surface area (Å²) in [5, 5.41) is 18.7. The van der Waals surface area contributed by atoms with E-state index in [0.29, 0.717) is 22.2 Å². The lowest BCUT2D eigenvalue weighted by Gasteiger charge is -2.38. The summed E-state index contributed by atoms with van der Waals surface area (Å²) in [6.45, 7) is 0. The van der Waals surface area contributed by atoms with Gasteiger partial charge in [-0.25, -0.2) is 5.01 Å². The van der Waals surface area contributed by atoms with Crippen LogP contribution < -0.4 is 4.74 Å². The standard InChI is InChI=1S/C22H15Cl2N3O3/c23-15-10-17-20-12-19(13-4-2-1-3-5-13)25-26(20)22(30-21(17)18(24)11-15)14-6-8-16(9-7-14)27(28)29/h1-11,20,22H,12H2/t20-,22-/m0/s1. The van der Waals surface area contributed by atoms with E-state index in [1.54, 1.807) is 18.2 Å². The van der Waals surface area contributed by atoms with Crippen LogP contribution in [0.5, 0.6) is 5.75 Å². The maximum absolute atomic E-state index is 11.0. The molecule has 2 heterocycles. The van der Waals surface area contributed by atoms with Gasteiger partial charge in [0, 0.05) is 34.7 Å². The van der Waals surface area contributed by atoms with Gasteiger partial charge in [-0.2, -0.15) is 5.10 Å². The summed E-state index contributed by atoms with van der Waals surface area (Å²) in [5.41, 5.74) is 3.61. The second-order valence-electron chi connectivity index (χ2n) is 7.14. The van der Waals surface area contributed by atoms with E-state index in [2.05, 4.69) is 0 Å². The Kier molecular flexibility index (Phi) is 4.60. The Hall–Kier alpha value is -3.09. The fourth-order valence-corrected chi connectivity index (χ4v) is 4.45. The predicted octanol–water partition coefficient (Wildman–Crippen LogP) is 6.14. The van der Waals surface area contributed by atoms with Gasteiger partial charge in [-0.15, -0.1) is 0 Å². The van der Waals surface area contributed by atoms with E-state index in [1.807, 2.05) is 41.4 Å². The van der Waals surface area contributed by atoms with Gasteiger partial charge in [0.1, 0.15) is 5.75 Å². The van der Waals surface area contributed by atoms with Gasteiger partial charge in [0.05, 0.1) is 21.7 Å². The molecule has 3 aromatic carbocycles. The Morgan fingerprint density at radius 3 is 2.50 bits per heavy atom. The van der Waals surface area contributed by atoms with E-state index in [1.165, 1.54) is 12.1 Å². The Balaban J connectivity index is 1.61. The molecule has 150 valence electrons. The minimum absolute atomic E-state index is 0.0196. The summed E-state index contributed by atoms with van der Waals surface area (Å²) >= 11 is 12.7. The zero-order chi connectivity index (χ0) is 20.8. The largest absolute Gasteiger partial charge is 0.463 e. The fraction of sp³-hybridized carbons (Fsp3) is 0.136. The number of hydrogen-bond acceptors (Lipinski definition) is 5. The van der Waals surface area contributed by atoms with Crippen LogP contribution in [0.1, 0.15) is 35.4 Å². The first-order valence-corrected chi connectivity index (χ1v) is 10.1. The number of nitrogens with zero attached hydrogens (tertiary/aromatic N) is 3. The number of ether oxygens (including phenoxy) is 1. The first-order chi connectivity index (χ1) is 14.5. The lowest BCUT2D eigenvalue weighted by molar-refractivity contribution is -0.384. The monoisotopic (exact) mass is 439 g/mol. The number of rotatable bonds is 3. The number of nitro benzene ring substituents is 1. The third-order valence-electron chi connectivity index (χ3n) is 5.30. The molecule has 0 unspecified atom stereocenters. The van der Waals surface area contributed by atoms with Crippen molar-refractivity contribution in [1.29, 1.82) is 0 Å². The fourth-order valence-electron chi connectivity index (χ4n) is 3.90. The molecule has 2 aliphatic heterocycles. The molecule has 0 bridgehead atoms. The molecule has 3 aromatic rings. The molecule has 8 heteroatoms. The quantitative estimate of drug-likeness (QED) is 0.362. The van der Waals surface area contributed by atoms with E-state index in [-0.39, 0.29) is 11.7 Å². The molecule has 2 aliphatic rings. The minimum atomic E-state index is -0.566. The van der Waals surface area contributed by atoms with E-state index < -0.39 is 11.2 Å². The topological polar surface area (TPSA) is 68.0 Å². The van der Waals surface area contributed by atoms with Crippen molar-refractivity contribution >= 4 is 34.6 Å². The van der Waals surface area contributed by atoms with Crippen LogP contribution >= 0.6 is 23.2 Å². The Bertz CT molecular complexity index is 1170. The first-order valence-electron chi connectivity index (χ1n) is 9.32. The summed E-state index contributed by atoms with van der Waals surface area (Å²) in [4.78, 5) is 10.6. The van der Waals surface area contributed by atoms with E-state index in [4.69, 9.17) is 33.0 Å². The van der Waals surface area contributed by atoms with Crippen LogP contribution in [0.15, 0.2) is 71.8 Å². The van der Waals surface area contributed by atoms with Gasteiger partial charge in [0.25, 0.3) is 5.69 Å². The predicted molar refractivity (Wildman–Crippen MR) is 115 cm³/mol. The SMILES string of the molecule is O=[N+]([O-])c1ccc([C@@H]2Oc3c(Cl)cc(Cl)cc3[C@@H]3CC(c4ccccc4)=NN32)cc1. The Morgan fingerprint density at radius 2 is 1.80 bits per heavy atom. The van der Waals surface area contributed by atoms with E-state index in [0.717, 1.165) is 22.4 Å². The van der Waals surface area contributed by atoms with Gasteiger partial charge >= 0.3 is 0 Å². The van der Waals surface area contributed by atoms with Crippen LogP contribution in [-0.4, -0.2) is 15.6 Å². The van der Waals surface area contributed by atoms with Crippen LogP contribution in [0.25, 0.3) is 0 Å². The maximum Gasteiger partial charge on any atom is 0.269 e. The molecule has 0 aromatic heterocycles. The van der Waals surface area contributed by atoms with Crippen LogP contribution in [0, 0.1) is 10.1 Å². The van der Waals surface area contributed by atoms with Crippen LogP contribution in [0.2, 0.25) is 10.0 Å². The van der Waals surface area contributed by atoms with Crippen molar-refractivity contribution in [3.8, 4) is 5.75 Å². The van der Waals surface area contributed by atoms with Gasteiger partial charge < -0.3 is 4.74 Å². The Morgan fingerprint density at radius 1 is 1.07 bits per heavy atom. The highest BCUT2D eigenvalue weighted by Crippen LogP contribution is 2.50. The van der Waals surface area contributed by atoms with Crippen molar-refractivity contribution in [2.24, 2.45) is 5.10 Å². The van der Waals surface area contributed by atoms with Gasteiger partial charge in [-0.1, -0.05) is 53.5 Å².